The Labute approximate surface area is 132 Å². The van der Waals surface area contributed by atoms with Gasteiger partial charge in [-0.15, -0.1) is 5.10 Å². The van der Waals surface area contributed by atoms with Gasteiger partial charge in [0.05, 0.1) is 12.2 Å². The summed E-state index contributed by atoms with van der Waals surface area (Å²) in [4.78, 5) is 14.9. The van der Waals surface area contributed by atoms with E-state index in [1.54, 1.807) is 0 Å². The normalized spacial score (nSPS) is 29.5. The molecule has 0 unspecified atom stereocenters. The Morgan fingerprint density at radius 1 is 1.00 bits per heavy atom. The first-order chi connectivity index (χ1) is 10.8. The average molecular weight is 302 g/mol. The molecule has 2 aliphatic carbocycles. The van der Waals surface area contributed by atoms with Crippen LogP contribution in [0.3, 0.4) is 0 Å². The van der Waals surface area contributed by atoms with E-state index in [0.29, 0.717) is 17.8 Å². The van der Waals surface area contributed by atoms with Gasteiger partial charge in [-0.3, -0.25) is 4.79 Å². The van der Waals surface area contributed by atoms with Crippen LogP contribution in [-0.2, 0) is 0 Å². The molecule has 0 radical (unpaired) electrons. The fourth-order valence-corrected chi connectivity index (χ4v) is 4.70. The van der Waals surface area contributed by atoms with Crippen LogP contribution in [0, 0.1) is 5.92 Å². The number of hydrogen-bond donors (Lipinski definition) is 0. The van der Waals surface area contributed by atoms with Crippen LogP contribution in [0.4, 0.5) is 0 Å². The summed E-state index contributed by atoms with van der Waals surface area (Å²) in [7, 11) is 0. The van der Waals surface area contributed by atoms with Crippen molar-refractivity contribution in [2.45, 2.75) is 76.3 Å². The van der Waals surface area contributed by atoms with Crippen molar-refractivity contribution < 1.29 is 4.79 Å². The van der Waals surface area contributed by atoms with Gasteiger partial charge in [0.1, 0.15) is 0 Å². The lowest BCUT2D eigenvalue weighted by Gasteiger charge is -2.31. The Morgan fingerprint density at radius 2 is 1.77 bits per heavy atom. The monoisotopic (exact) mass is 302 g/mol. The van der Waals surface area contributed by atoms with Crippen molar-refractivity contribution >= 4 is 5.91 Å². The third kappa shape index (κ3) is 2.55. The van der Waals surface area contributed by atoms with Gasteiger partial charge in [-0.1, -0.05) is 37.3 Å². The molecule has 2 heterocycles. The van der Waals surface area contributed by atoms with Crippen LogP contribution in [0.2, 0.25) is 0 Å². The summed E-state index contributed by atoms with van der Waals surface area (Å²) in [5, 5.41) is 8.45. The van der Waals surface area contributed by atoms with Crippen molar-refractivity contribution in [1.82, 2.24) is 19.9 Å². The average Bonchev–Trinajstić information content (AvgIpc) is 3.22. The minimum Gasteiger partial charge on any atom is -0.334 e. The molecule has 120 valence electrons. The summed E-state index contributed by atoms with van der Waals surface area (Å²) in [5.74, 6) is 0.836. The van der Waals surface area contributed by atoms with E-state index in [0.717, 1.165) is 12.5 Å². The first-order valence-corrected chi connectivity index (χ1v) is 9.06. The van der Waals surface area contributed by atoms with Crippen LogP contribution in [0.5, 0.6) is 0 Å². The summed E-state index contributed by atoms with van der Waals surface area (Å²) in [5.41, 5.74) is 0.553. The van der Waals surface area contributed by atoms with E-state index in [9.17, 15) is 4.79 Å². The summed E-state index contributed by atoms with van der Waals surface area (Å²) >= 11 is 0. The van der Waals surface area contributed by atoms with Gasteiger partial charge in [0.2, 0.25) is 0 Å². The molecule has 0 N–H and O–H groups in total. The van der Waals surface area contributed by atoms with Gasteiger partial charge in [-0.05, 0) is 38.0 Å². The lowest BCUT2D eigenvalue weighted by molar-refractivity contribution is 0.0684. The van der Waals surface area contributed by atoms with Crippen LogP contribution >= 0.6 is 0 Å². The quantitative estimate of drug-likeness (QED) is 0.843. The fourth-order valence-electron chi connectivity index (χ4n) is 4.70. The number of amides is 1. The SMILES string of the molecule is O=C(c1cn(C2CCCCC2)nn1)N1CC[C@@H]2CCCC[C@@H]21. The number of nitrogens with zero attached hydrogens (tertiary/aromatic N) is 4. The minimum atomic E-state index is 0.108. The predicted molar refractivity (Wildman–Crippen MR) is 83.5 cm³/mol. The van der Waals surface area contributed by atoms with E-state index in [1.165, 1.54) is 64.2 Å². The van der Waals surface area contributed by atoms with Crippen molar-refractivity contribution in [3.63, 3.8) is 0 Å². The minimum absolute atomic E-state index is 0.108. The number of fused-ring (bicyclic) bond motifs is 1. The Morgan fingerprint density at radius 3 is 2.64 bits per heavy atom. The van der Waals surface area contributed by atoms with Crippen LogP contribution in [0.15, 0.2) is 6.20 Å². The maximum absolute atomic E-state index is 12.8. The fraction of sp³-hybridized carbons (Fsp3) is 0.824. The Hall–Kier alpha value is -1.39. The lowest BCUT2D eigenvalue weighted by atomic mass is 9.85. The zero-order valence-electron chi connectivity index (χ0n) is 13.3. The molecule has 3 fully saturated rings. The molecule has 1 aromatic rings. The van der Waals surface area contributed by atoms with Gasteiger partial charge < -0.3 is 4.90 Å². The van der Waals surface area contributed by atoms with Crippen molar-refractivity contribution in [3.05, 3.63) is 11.9 Å². The highest BCUT2D eigenvalue weighted by Crippen LogP contribution is 2.36. The summed E-state index contributed by atoms with van der Waals surface area (Å²) < 4.78 is 1.95. The van der Waals surface area contributed by atoms with E-state index in [2.05, 4.69) is 15.2 Å². The second-order valence-corrected chi connectivity index (χ2v) is 7.27. The van der Waals surface area contributed by atoms with Gasteiger partial charge in [-0.2, -0.15) is 0 Å². The van der Waals surface area contributed by atoms with E-state index in [-0.39, 0.29) is 5.91 Å². The molecule has 5 heteroatoms. The van der Waals surface area contributed by atoms with Crippen LogP contribution < -0.4 is 0 Å². The number of carbonyl (C=O) groups excluding carboxylic acids is 1. The Bertz CT molecular complexity index is 535. The second-order valence-electron chi connectivity index (χ2n) is 7.27. The van der Waals surface area contributed by atoms with E-state index in [4.69, 9.17) is 0 Å². The van der Waals surface area contributed by atoms with Crippen LogP contribution in [0.25, 0.3) is 0 Å². The maximum atomic E-state index is 12.8. The molecular formula is C17H26N4O. The van der Waals surface area contributed by atoms with Gasteiger partial charge in [0, 0.05) is 12.6 Å². The summed E-state index contributed by atoms with van der Waals surface area (Å²) in [6.45, 7) is 0.907. The molecule has 3 aliphatic rings. The zero-order valence-corrected chi connectivity index (χ0v) is 13.3. The van der Waals surface area contributed by atoms with Gasteiger partial charge in [0.15, 0.2) is 5.69 Å². The van der Waals surface area contributed by atoms with Crippen molar-refractivity contribution in [2.24, 2.45) is 5.92 Å². The van der Waals surface area contributed by atoms with Crippen molar-refractivity contribution in [2.75, 3.05) is 6.54 Å². The maximum Gasteiger partial charge on any atom is 0.276 e. The standard InChI is InChI=1S/C17H26N4O/c22-17(20-11-10-13-6-4-5-9-16(13)20)15-12-21(19-18-15)14-7-2-1-3-8-14/h12-14,16H,1-11H2/t13-,16-/m0/s1. The van der Waals surface area contributed by atoms with Gasteiger partial charge in [-0.25, -0.2) is 4.68 Å². The molecule has 1 aliphatic heterocycles. The molecule has 1 saturated heterocycles. The summed E-state index contributed by atoms with van der Waals surface area (Å²) in [6, 6.07) is 0.907. The smallest absolute Gasteiger partial charge is 0.276 e. The molecule has 0 spiro atoms. The highest BCUT2D eigenvalue weighted by Gasteiger charge is 2.39. The molecule has 2 atom stereocenters. The molecule has 0 aromatic carbocycles. The molecule has 4 rings (SSSR count). The van der Waals surface area contributed by atoms with E-state index >= 15 is 0 Å². The first kappa shape index (κ1) is 14.2. The molecular weight excluding hydrogens is 276 g/mol. The molecule has 1 aromatic heterocycles. The Balaban J connectivity index is 1.47. The number of aromatic nitrogens is 3. The highest BCUT2D eigenvalue weighted by atomic mass is 16.2. The van der Waals surface area contributed by atoms with Crippen molar-refractivity contribution in [3.8, 4) is 0 Å². The topological polar surface area (TPSA) is 51.0 Å². The predicted octanol–water partition coefficient (Wildman–Crippen LogP) is 3.19. The van der Waals surface area contributed by atoms with Crippen LogP contribution in [0.1, 0.15) is 80.7 Å². The number of rotatable bonds is 2. The van der Waals surface area contributed by atoms with E-state index < -0.39 is 0 Å². The number of likely N-dealkylation sites (tertiary alicyclic amines) is 1. The third-order valence-corrected chi connectivity index (χ3v) is 5.95. The number of hydrogen-bond acceptors (Lipinski definition) is 3. The van der Waals surface area contributed by atoms with Gasteiger partial charge in [0.25, 0.3) is 5.91 Å². The molecule has 0 bridgehead atoms. The summed E-state index contributed by atoms with van der Waals surface area (Å²) in [6.07, 6.45) is 14.3. The second kappa shape index (κ2) is 6.01. The number of carbonyl (C=O) groups is 1. The van der Waals surface area contributed by atoms with Crippen LogP contribution in [-0.4, -0.2) is 38.4 Å². The van der Waals surface area contributed by atoms with E-state index in [1.807, 2.05) is 10.9 Å². The molecule has 1 amide bonds. The zero-order chi connectivity index (χ0) is 14.9. The highest BCUT2D eigenvalue weighted by molar-refractivity contribution is 5.92. The Kier molecular flexibility index (Phi) is 3.89. The first-order valence-electron chi connectivity index (χ1n) is 9.06. The van der Waals surface area contributed by atoms with Gasteiger partial charge >= 0.3 is 0 Å². The molecule has 5 nitrogen and oxygen atoms in total. The molecule has 22 heavy (non-hydrogen) atoms. The lowest BCUT2D eigenvalue weighted by Crippen LogP contribution is -2.39. The molecule has 2 saturated carbocycles. The third-order valence-electron chi connectivity index (χ3n) is 5.95. The van der Waals surface area contributed by atoms with Crippen molar-refractivity contribution in [1.29, 1.82) is 0 Å². The largest absolute Gasteiger partial charge is 0.334 e.